The molecule has 0 saturated carbocycles. The minimum absolute atomic E-state index is 0.239. The molecule has 17 unspecified atom stereocenters. The summed E-state index contributed by atoms with van der Waals surface area (Å²) in [6.07, 6.45) is 19.1. The molecule has 3 aliphatic rings. The molecule has 3 saturated heterocycles. The van der Waals surface area contributed by atoms with Gasteiger partial charge >= 0.3 is 0 Å². The highest BCUT2D eigenvalue weighted by atomic mass is 16.8. The molecule has 0 radical (unpaired) electrons. The highest BCUT2D eigenvalue weighted by Crippen LogP contribution is 2.33. The third kappa shape index (κ3) is 29.4. The molecule has 3 fully saturated rings. The Morgan fingerprint density at radius 1 is 0.395 bits per heavy atom. The molecule has 0 aromatic rings. The standard InChI is InChI=1S/C62H119NO18/c1-3-5-7-9-11-13-15-17-18-19-20-21-22-23-24-25-26-27-28-29-31-33-35-37-39-46(67)45(63-50(68)40-38-36-34-32-30-16-14-12-10-8-6-4-2)44-76-60-56(74)53(71)58(48(42-65)78-60)81-62-57(75)54(72)59(49(43-66)79-62)80-61-55(73)52(70)51(69)47(41-64)77-61/h45-49,51-62,64-67,69-75H,3-44H2,1-2H3,(H,63,68). The lowest BCUT2D eigenvalue weighted by molar-refractivity contribution is -0.379. The van der Waals surface area contributed by atoms with Gasteiger partial charge in [-0.2, -0.15) is 0 Å². The Hall–Kier alpha value is -1.21. The second kappa shape index (κ2) is 46.0. The van der Waals surface area contributed by atoms with E-state index in [1.165, 1.54) is 180 Å². The number of aliphatic hydroxyl groups is 11. The predicted octanol–water partition coefficient (Wildman–Crippen LogP) is 7.16. The topological polar surface area (TPSA) is 307 Å². The summed E-state index contributed by atoms with van der Waals surface area (Å²) in [6, 6.07) is -0.880. The summed E-state index contributed by atoms with van der Waals surface area (Å²) in [7, 11) is 0. The lowest BCUT2D eigenvalue weighted by Crippen LogP contribution is -2.66. The lowest BCUT2D eigenvalue weighted by atomic mass is 9.96. The van der Waals surface area contributed by atoms with Crippen LogP contribution in [-0.4, -0.2) is 193 Å². The van der Waals surface area contributed by atoms with Crippen LogP contribution in [0.5, 0.6) is 0 Å². The van der Waals surface area contributed by atoms with Crippen LogP contribution in [0, 0.1) is 0 Å². The van der Waals surface area contributed by atoms with Crippen molar-refractivity contribution in [2.24, 2.45) is 0 Å². The molecule has 17 atom stereocenters. The van der Waals surface area contributed by atoms with Gasteiger partial charge in [-0.25, -0.2) is 0 Å². The largest absolute Gasteiger partial charge is 0.394 e. The van der Waals surface area contributed by atoms with Crippen molar-refractivity contribution in [3.05, 3.63) is 0 Å². The van der Waals surface area contributed by atoms with E-state index in [9.17, 15) is 61.0 Å². The van der Waals surface area contributed by atoms with E-state index in [2.05, 4.69) is 19.2 Å². The van der Waals surface area contributed by atoms with Gasteiger partial charge in [0.25, 0.3) is 0 Å². The number of amides is 1. The van der Waals surface area contributed by atoms with E-state index in [0.717, 1.165) is 44.9 Å². The van der Waals surface area contributed by atoms with E-state index >= 15 is 0 Å². The van der Waals surface area contributed by atoms with Crippen molar-refractivity contribution in [3.8, 4) is 0 Å². The summed E-state index contributed by atoms with van der Waals surface area (Å²) in [5.41, 5.74) is 0. The fourth-order valence-electron chi connectivity index (χ4n) is 11.6. The zero-order valence-electron chi connectivity index (χ0n) is 50.3. The van der Waals surface area contributed by atoms with Crippen LogP contribution in [0.1, 0.15) is 258 Å². The first-order valence-electron chi connectivity index (χ1n) is 32.8. The van der Waals surface area contributed by atoms with E-state index in [4.69, 9.17) is 28.4 Å². The van der Waals surface area contributed by atoms with Gasteiger partial charge in [-0.05, 0) is 12.8 Å². The van der Waals surface area contributed by atoms with Gasteiger partial charge in [-0.1, -0.05) is 239 Å². The van der Waals surface area contributed by atoms with Crippen molar-refractivity contribution in [3.63, 3.8) is 0 Å². The van der Waals surface area contributed by atoms with Crippen LogP contribution >= 0.6 is 0 Å². The number of nitrogens with one attached hydrogen (secondary N) is 1. The predicted molar refractivity (Wildman–Crippen MR) is 310 cm³/mol. The van der Waals surface area contributed by atoms with Gasteiger partial charge < -0.3 is 89.9 Å². The van der Waals surface area contributed by atoms with Gasteiger partial charge in [0, 0.05) is 6.42 Å². The van der Waals surface area contributed by atoms with Crippen LogP contribution in [-0.2, 0) is 33.2 Å². The molecule has 19 nitrogen and oxygen atoms in total. The summed E-state index contributed by atoms with van der Waals surface area (Å²) >= 11 is 0. The Labute approximate surface area is 487 Å². The number of carbonyl (C=O) groups excluding carboxylic acids is 1. The van der Waals surface area contributed by atoms with E-state index in [1.807, 2.05) is 0 Å². The Bertz CT molecular complexity index is 1490. The van der Waals surface area contributed by atoms with Crippen LogP contribution in [0.25, 0.3) is 0 Å². The van der Waals surface area contributed by atoms with Crippen LogP contribution in [0.3, 0.4) is 0 Å². The summed E-state index contributed by atoms with van der Waals surface area (Å²) in [5, 5.41) is 120. The summed E-state index contributed by atoms with van der Waals surface area (Å²) in [6.45, 7) is 1.81. The molecule has 3 aliphatic heterocycles. The fraction of sp³-hybridized carbons (Fsp3) is 0.984. The number of ether oxygens (including phenoxy) is 6. The number of unbranched alkanes of at least 4 members (excludes halogenated alkanes) is 34. The lowest BCUT2D eigenvalue weighted by Gasteiger charge is -2.48. The van der Waals surface area contributed by atoms with Gasteiger partial charge in [0.1, 0.15) is 73.2 Å². The van der Waals surface area contributed by atoms with Gasteiger partial charge in [0.15, 0.2) is 18.9 Å². The SMILES string of the molecule is CCCCCCCCCCCCCCCCCCCCCCCCCCC(O)C(COC1OC(CO)C(OC2OC(CO)C(OC3OC(CO)C(O)C(O)C3O)C(O)C2O)C(O)C1O)NC(=O)CCCCCCCCCCCCCC. The van der Waals surface area contributed by atoms with E-state index < -0.39 is 124 Å². The molecular weight excluding hydrogens is 1050 g/mol. The number of hydrogen-bond acceptors (Lipinski definition) is 18. The number of aliphatic hydroxyl groups excluding tert-OH is 11. The Balaban J connectivity index is 1.43. The van der Waals surface area contributed by atoms with Gasteiger partial charge in [-0.15, -0.1) is 0 Å². The van der Waals surface area contributed by atoms with Gasteiger partial charge in [0.2, 0.25) is 5.91 Å². The number of rotatable bonds is 50. The van der Waals surface area contributed by atoms with Crippen LogP contribution in [0.15, 0.2) is 0 Å². The summed E-state index contributed by atoms with van der Waals surface area (Å²) in [5.74, 6) is -0.239. The Kier molecular flexibility index (Phi) is 42.1. The van der Waals surface area contributed by atoms with Crippen molar-refractivity contribution in [2.45, 2.75) is 362 Å². The zero-order chi connectivity index (χ0) is 59.0. The average Bonchev–Trinajstić information content (AvgIpc) is 3.65. The normalized spacial score (nSPS) is 29.7. The smallest absolute Gasteiger partial charge is 0.220 e. The van der Waals surface area contributed by atoms with E-state index in [1.54, 1.807) is 0 Å². The summed E-state index contributed by atoms with van der Waals surface area (Å²) < 4.78 is 34.3. The van der Waals surface area contributed by atoms with Crippen LogP contribution in [0.2, 0.25) is 0 Å². The van der Waals surface area contributed by atoms with Crippen LogP contribution in [0.4, 0.5) is 0 Å². The maximum absolute atomic E-state index is 13.3. The van der Waals surface area contributed by atoms with Gasteiger partial charge in [0.05, 0.1) is 38.6 Å². The van der Waals surface area contributed by atoms with E-state index in [0.29, 0.717) is 12.8 Å². The first-order valence-corrected chi connectivity index (χ1v) is 32.8. The Morgan fingerprint density at radius 3 is 1.07 bits per heavy atom. The van der Waals surface area contributed by atoms with E-state index in [-0.39, 0.29) is 18.9 Å². The zero-order valence-corrected chi connectivity index (χ0v) is 50.3. The van der Waals surface area contributed by atoms with Crippen molar-refractivity contribution in [2.75, 3.05) is 26.4 Å². The highest BCUT2D eigenvalue weighted by molar-refractivity contribution is 5.76. The summed E-state index contributed by atoms with van der Waals surface area (Å²) in [4.78, 5) is 13.3. The number of hydrogen-bond donors (Lipinski definition) is 12. The second-order valence-electron chi connectivity index (χ2n) is 23.9. The molecule has 480 valence electrons. The van der Waals surface area contributed by atoms with Gasteiger partial charge in [-0.3, -0.25) is 4.79 Å². The molecule has 0 aliphatic carbocycles. The molecule has 19 heteroatoms. The third-order valence-electron chi connectivity index (χ3n) is 16.9. The van der Waals surface area contributed by atoms with Crippen molar-refractivity contribution in [1.29, 1.82) is 0 Å². The van der Waals surface area contributed by atoms with Crippen molar-refractivity contribution >= 4 is 5.91 Å². The molecule has 3 rings (SSSR count). The molecule has 3 heterocycles. The molecule has 0 aromatic heterocycles. The molecule has 12 N–H and O–H groups in total. The third-order valence-corrected chi connectivity index (χ3v) is 16.9. The quantitative estimate of drug-likeness (QED) is 0.0269. The van der Waals surface area contributed by atoms with Crippen LogP contribution < -0.4 is 5.32 Å². The molecule has 1 amide bonds. The maximum atomic E-state index is 13.3. The maximum Gasteiger partial charge on any atom is 0.220 e. The highest BCUT2D eigenvalue weighted by Gasteiger charge is 2.53. The average molecular weight is 1170 g/mol. The molecule has 0 bridgehead atoms. The first kappa shape index (κ1) is 74.0. The number of carbonyl (C=O) groups is 1. The second-order valence-corrected chi connectivity index (χ2v) is 23.9. The molecule has 0 spiro atoms. The first-order chi connectivity index (χ1) is 39.3. The minimum atomic E-state index is -1.97. The fourth-order valence-corrected chi connectivity index (χ4v) is 11.6. The molecular formula is C62H119NO18. The minimum Gasteiger partial charge on any atom is -0.394 e. The molecule has 0 aromatic carbocycles. The van der Waals surface area contributed by atoms with Crippen molar-refractivity contribution in [1.82, 2.24) is 5.32 Å². The van der Waals surface area contributed by atoms with Crippen molar-refractivity contribution < 1.29 is 89.4 Å². The monoisotopic (exact) mass is 1170 g/mol. The Morgan fingerprint density at radius 2 is 0.704 bits per heavy atom. The molecule has 81 heavy (non-hydrogen) atoms.